The molecule has 0 saturated heterocycles. The van der Waals surface area contributed by atoms with E-state index in [1.807, 2.05) is 25.1 Å². The number of fused-ring (bicyclic) bond motifs is 1. The van der Waals surface area contributed by atoms with Crippen LogP contribution in [0.5, 0.6) is 5.75 Å². The van der Waals surface area contributed by atoms with Crippen molar-refractivity contribution >= 4 is 11.0 Å². The maximum Gasteiger partial charge on any atom is 0.336 e. The number of ether oxygens (including phenoxy) is 1. The Kier molecular flexibility index (Phi) is 4.51. The van der Waals surface area contributed by atoms with Crippen LogP contribution in [0.25, 0.3) is 11.0 Å². The molecule has 1 aliphatic carbocycles. The van der Waals surface area contributed by atoms with Crippen molar-refractivity contribution in [3.8, 4) is 5.75 Å². The van der Waals surface area contributed by atoms with Gasteiger partial charge in [-0.25, -0.2) is 4.79 Å². The highest BCUT2D eigenvalue weighted by Crippen LogP contribution is 2.32. The van der Waals surface area contributed by atoms with Crippen LogP contribution in [-0.4, -0.2) is 18.1 Å². The largest absolute Gasteiger partial charge is 0.496 e. The molecule has 2 aromatic carbocycles. The molecule has 1 saturated carbocycles. The van der Waals surface area contributed by atoms with E-state index in [1.54, 1.807) is 13.2 Å². The van der Waals surface area contributed by atoms with E-state index in [1.165, 1.54) is 18.4 Å². The predicted octanol–water partition coefficient (Wildman–Crippen LogP) is 4.27. The van der Waals surface area contributed by atoms with Crippen molar-refractivity contribution in [1.29, 1.82) is 0 Å². The smallest absolute Gasteiger partial charge is 0.336 e. The number of para-hydroxylation sites is 1. The number of aryl methyl sites for hydroxylation is 1. The molecule has 1 heterocycles. The molecule has 134 valence electrons. The van der Waals surface area contributed by atoms with E-state index >= 15 is 0 Å². The molecule has 0 amide bonds. The molecule has 1 aromatic heterocycles. The fourth-order valence-corrected chi connectivity index (χ4v) is 3.51. The van der Waals surface area contributed by atoms with Crippen molar-refractivity contribution in [2.75, 3.05) is 7.11 Å². The highest BCUT2D eigenvalue weighted by atomic mass is 16.5. The quantitative estimate of drug-likeness (QED) is 0.623. The van der Waals surface area contributed by atoms with Gasteiger partial charge in [0.05, 0.1) is 7.11 Å². The van der Waals surface area contributed by atoms with Crippen molar-refractivity contribution in [3.05, 3.63) is 75.6 Å². The van der Waals surface area contributed by atoms with Crippen LogP contribution >= 0.6 is 0 Å². The Hall–Kier alpha value is -2.59. The summed E-state index contributed by atoms with van der Waals surface area (Å²) in [6.07, 6.45) is 2.47. The van der Waals surface area contributed by atoms with Crippen molar-refractivity contribution in [2.45, 2.75) is 38.9 Å². The molecule has 0 aliphatic heterocycles. The minimum atomic E-state index is -0.291. The molecule has 0 bridgehead atoms. The Bertz CT molecular complexity index is 988. The second-order valence-electron chi connectivity index (χ2n) is 7.03. The fourth-order valence-electron chi connectivity index (χ4n) is 3.51. The summed E-state index contributed by atoms with van der Waals surface area (Å²) in [5.41, 5.74) is 3.69. The summed E-state index contributed by atoms with van der Waals surface area (Å²) in [5, 5.41) is 0.996. The number of nitrogens with zero attached hydrogens (tertiary/aromatic N) is 1. The Labute approximate surface area is 153 Å². The van der Waals surface area contributed by atoms with Gasteiger partial charge in [0, 0.05) is 36.1 Å². The normalized spacial score (nSPS) is 14.1. The van der Waals surface area contributed by atoms with Crippen LogP contribution in [-0.2, 0) is 13.1 Å². The van der Waals surface area contributed by atoms with Gasteiger partial charge in [0.25, 0.3) is 0 Å². The van der Waals surface area contributed by atoms with Crippen LogP contribution in [0, 0.1) is 6.92 Å². The maximum atomic E-state index is 11.7. The lowest BCUT2D eigenvalue weighted by molar-refractivity contribution is 0.242. The van der Waals surface area contributed by atoms with Gasteiger partial charge in [-0.05, 0) is 43.0 Å². The Balaban J connectivity index is 1.61. The van der Waals surface area contributed by atoms with E-state index in [4.69, 9.17) is 9.15 Å². The van der Waals surface area contributed by atoms with Crippen LogP contribution in [0.4, 0.5) is 0 Å². The van der Waals surface area contributed by atoms with Crippen LogP contribution in [0.15, 0.2) is 57.7 Å². The number of methoxy groups -OCH3 is 1. The third-order valence-corrected chi connectivity index (χ3v) is 5.03. The standard InChI is InChI=1S/C22H23NO3/c1-15-11-22(24)26-21-12-16(7-10-19(15)21)13-23(18-8-9-18)14-17-5-3-4-6-20(17)25-2/h3-7,10-12,18H,8-9,13-14H2,1-2H3. The second-order valence-corrected chi connectivity index (χ2v) is 7.03. The van der Waals surface area contributed by atoms with Gasteiger partial charge in [-0.3, -0.25) is 4.90 Å². The lowest BCUT2D eigenvalue weighted by atomic mass is 10.1. The molecule has 0 radical (unpaired) electrons. The van der Waals surface area contributed by atoms with E-state index in [2.05, 4.69) is 29.2 Å². The first-order valence-electron chi connectivity index (χ1n) is 9.03. The molecule has 4 rings (SSSR count). The summed E-state index contributed by atoms with van der Waals surface area (Å²) >= 11 is 0. The molecule has 0 unspecified atom stereocenters. The minimum Gasteiger partial charge on any atom is -0.496 e. The van der Waals surface area contributed by atoms with Crippen molar-refractivity contribution in [1.82, 2.24) is 4.90 Å². The van der Waals surface area contributed by atoms with Gasteiger partial charge in [-0.15, -0.1) is 0 Å². The number of rotatable bonds is 6. The fraction of sp³-hybridized carbons (Fsp3) is 0.318. The van der Waals surface area contributed by atoms with E-state index < -0.39 is 0 Å². The lowest BCUT2D eigenvalue weighted by Gasteiger charge is -2.23. The molecule has 0 N–H and O–H groups in total. The Morgan fingerprint density at radius 3 is 2.69 bits per heavy atom. The van der Waals surface area contributed by atoms with Crippen molar-refractivity contribution in [3.63, 3.8) is 0 Å². The SMILES string of the molecule is COc1ccccc1CN(Cc1ccc2c(C)cc(=O)oc2c1)C1CC1. The predicted molar refractivity (Wildman–Crippen MR) is 102 cm³/mol. The first kappa shape index (κ1) is 16.9. The molecule has 1 fully saturated rings. The summed E-state index contributed by atoms with van der Waals surface area (Å²) in [4.78, 5) is 14.2. The highest BCUT2D eigenvalue weighted by molar-refractivity contribution is 5.80. The zero-order chi connectivity index (χ0) is 18.1. The van der Waals surface area contributed by atoms with Crippen molar-refractivity contribution < 1.29 is 9.15 Å². The van der Waals surface area contributed by atoms with Gasteiger partial charge in [0.1, 0.15) is 11.3 Å². The van der Waals surface area contributed by atoms with E-state index in [9.17, 15) is 4.79 Å². The summed E-state index contributed by atoms with van der Waals surface area (Å²) in [6.45, 7) is 3.62. The summed E-state index contributed by atoms with van der Waals surface area (Å²) in [5.74, 6) is 0.929. The van der Waals surface area contributed by atoms with Gasteiger partial charge in [-0.1, -0.05) is 30.3 Å². The maximum absolute atomic E-state index is 11.7. The average Bonchev–Trinajstić information content (AvgIpc) is 3.46. The monoisotopic (exact) mass is 349 g/mol. The lowest BCUT2D eigenvalue weighted by Crippen LogP contribution is -2.25. The zero-order valence-electron chi connectivity index (χ0n) is 15.2. The summed E-state index contributed by atoms with van der Waals surface area (Å²) in [6, 6.07) is 16.5. The highest BCUT2D eigenvalue weighted by Gasteiger charge is 2.29. The molecular weight excluding hydrogens is 326 g/mol. The first-order valence-corrected chi connectivity index (χ1v) is 9.03. The van der Waals surface area contributed by atoms with E-state index in [-0.39, 0.29) is 5.63 Å². The first-order chi connectivity index (χ1) is 12.6. The number of hydrogen-bond donors (Lipinski definition) is 0. The summed E-state index contributed by atoms with van der Waals surface area (Å²) < 4.78 is 10.9. The minimum absolute atomic E-state index is 0.291. The van der Waals surface area contributed by atoms with Crippen LogP contribution in [0.3, 0.4) is 0 Å². The Morgan fingerprint density at radius 1 is 1.12 bits per heavy atom. The number of benzene rings is 2. The van der Waals surface area contributed by atoms with Gasteiger partial charge >= 0.3 is 5.63 Å². The van der Waals surface area contributed by atoms with Crippen LogP contribution < -0.4 is 10.4 Å². The average molecular weight is 349 g/mol. The van der Waals surface area contributed by atoms with Crippen molar-refractivity contribution in [2.24, 2.45) is 0 Å². The molecule has 4 nitrogen and oxygen atoms in total. The molecular formula is C22H23NO3. The van der Waals surface area contributed by atoms with E-state index in [0.717, 1.165) is 35.4 Å². The van der Waals surface area contributed by atoms with Gasteiger partial charge in [0.15, 0.2) is 0 Å². The molecule has 26 heavy (non-hydrogen) atoms. The molecule has 0 atom stereocenters. The third kappa shape index (κ3) is 3.51. The molecule has 3 aromatic rings. The third-order valence-electron chi connectivity index (χ3n) is 5.03. The molecule has 0 spiro atoms. The van der Waals surface area contributed by atoms with Gasteiger partial charge in [-0.2, -0.15) is 0 Å². The van der Waals surface area contributed by atoms with Gasteiger partial charge in [0.2, 0.25) is 0 Å². The van der Waals surface area contributed by atoms with E-state index in [0.29, 0.717) is 11.6 Å². The molecule has 1 aliphatic rings. The topological polar surface area (TPSA) is 42.7 Å². The summed E-state index contributed by atoms with van der Waals surface area (Å²) in [7, 11) is 1.72. The van der Waals surface area contributed by atoms with Crippen LogP contribution in [0.1, 0.15) is 29.5 Å². The molecule has 4 heteroatoms. The number of hydrogen-bond acceptors (Lipinski definition) is 4. The van der Waals surface area contributed by atoms with Gasteiger partial charge < -0.3 is 9.15 Å². The Morgan fingerprint density at radius 2 is 1.92 bits per heavy atom. The second kappa shape index (κ2) is 6.96. The van der Waals surface area contributed by atoms with Crippen LogP contribution in [0.2, 0.25) is 0 Å². The zero-order valence-corrected chi connectivity index (χ0v) is 15.2.